The van der Waals surface area contributed by atoms with Crippen molar-refractivity contribution in [1.82, 2.24) is 0 Å². The third-order valence-electron chi connectivity index (χ3n) is 3.11. The highest BCUT2D eigenvalue weighted by molar-refractivity contribution is 7.91. The highest BCUT2D eigenvalue weighted by Gasteiger charge is 2.26. The molecule has 1 aromatic rings. The lowest BCUT2D eigenvalue weighted by molar-refractivity contribution is 0.315. The number of hydrogen-bond acceptors (Lipinski definition) is 5. The summed E-state index contributed by atoms with van der Waals surface area (Å²) in [4.78, 5) is 4.24. The lowest BCUT2D eigenvalue weighted by Crippen LogP contribution is -2.07. The number of nitrogens with zero attached hydrogens (tertiary/aromatic N) is 1. The Morgan fingerprint density at radius 2 is 2.30 bits per heavy atom. The van der Waals surface area contributed by atoms with Gasteiger partial charge in [-0.05, 0) is 25.0 Å². The van der Waals surface area contributed by atoms with E-state index in [2.05, 4.69) is 4.99 Å². The van der Waals surface area contributed by atoms with Crippen LogP contribution in [0.25, 0.3) is 0 Å². The van der Waals surface area contributed by atoms with Crippen LogP contribution in [0.15, 0.2) is 23.2 Å². The van der Waals surface area contributed by atoms with E-state index >= 15 is 0 Å². The van der Waals surface area contributed by atoms with Crippen molar-refractivity contribution in [3.63, 3.8) is 0 Å². The predicted molar refractivity (Wildman–Crippen MR) is 78.5 cm³/mol. The van der Waals surface area contributed by atoms with Crippen LogP contribution >= 0.6 is 0 Å². The molecule has 1 aliphatic heterocycles. The molecule has 1 aromatic carbocycles. The number of aromatic hydroxyl groups is 1. The van der Waals surface area contributed by atoms with E-state index < -0.39 is 9.84 Å². The molecule has 0 radical (unpaired) electrons. The van der Waals surface area contributed by atoms with Crippen LogP contribution < -0.4 is 4.74 Å². The van der Waals surface area contributed by atoms with Crippen molar-refractivity contribution in [3.8, 4) is 11.5 Å². The Hall–Kier alpha value is -1.56. The van der Waals surface area contributed by atoms with Crippen molar-refractivity contribution in [2.75, 3.05) is 18.1 Å². The Morgan fingerprint density at radius 1 is 1.50 bits per heavy atom. The molecule has 1 fully saturated rings. The first-order valence-electron chi connectivity index (χ1n) is 6.69. The number of ether oxygens (including phenoxy) is 1. The molecule has 110 valence electrons. The standard InChI is InChI=1S/C14H19NO4S/c1-2-6-19-13-4-3-11(14(16)8-13)9-15-12-5-7-20(17,18)10-12/h3-4,8-9,12,16H,2,5-7,10H2,1H3/t12-/m0/s1. The molecule has 6 heteroatoms. The Balaban J connectivity index is 2.03. The van der Waals surface area contributed by atoms with E-state index in [1.54, 1.807) is 18.2 Å². The van der Waals surface area contributed by atoms with Gasteiger partial charge >= 0.3 is 0 Å². The smallest absolute Gasteiger partial charge is 0.152 e. The summed E-state index contributed by atoms with van der Waals surface area (Å²) in [6.45, 7) is 2.61. The number of rotatable bonds is 5. The molecule has 1 saturated heterocycles. The highest BCUT2D eigenvalue weighted by Crippen LogP contribution is 2.23. The van der Waals surface area contributed by atoms with Crippen LogP contribution in [0.4, 0.5) is 0 Å². The minimum absolute atomic E-state index is 0.0863. The zero-order chi connectivity index (χ0) is 14.6. The van der Waals surface area contributed by atoms with Gasteiger partial charge in [-0.15, -0.1) is 0 Å². The lowest BCUT2D eigenvalue weighted by Gasteiger charge is -2.06. The van der Waals surface area contributed by atoms with Crippen molar-refractivity contribution < 1.29 is 18.3 Å². The quantitative estimate of drug-likeness (QED) is 0.841. The highest BCUT2D eigenvalue weighted by atomic mass is 32.2. The van der Waals surface area contributed by atoms with Gasteiger partial charge in [-0.1, -0.05) is 6.92 Å². The van der Waals surface area contributed by atoms with Gasteiger partial charge in [-0.2, -0.15) is 0 Å². The maximum Gasteiger partial charge on any atom is 0.152 e. The summed E-state index contributed by atoms with van der Waals surface area (Å²) >= 11 is 0. The van der Waals surface area contributed by atoms with Crippen molar-refractivity contribution in [1.29, 1.82) is 0 Å². The van der Waals surface area contributed by atoms with Crippen molar-refractivity contribution in [2.45, 2.75) is 25.8 Å². The number of phenolic OH excluding ortho intramolecular Hbond substituents is 1. The molecule has 1 atom stereocenters. The summed E-state index contributed by atoms with van der Waals surface area (Å²) < 4.78 is 28.1. The lowest BCUT2D eigenvalue weighted by atomic mass is 10.2. The predicted octanol–water partition coefficient (Wildman–Crippen LogP) is 1.79. The van der Waals surface area contributed by atoms with E-state index in [1.165, 1.54) is 6.21 Å². The number of aliphatic imine (C=N–C) groups is 1. The van der Waals surface area contributed by atoms with Crippen molar-refractivity contribution in [3.05, 3.63) is 23.8 Å². The molecule has 1 heterocycles. The van der Waals surface area contributed by atoms with Crippen LogP contribution in [0.3, 0.4) is 0 Å². The summed E-state index contributed by atoms with van der Waals surface area (Å²) in [5.41, 5.74) is 0.568. The normalized spacial score (nSPS) is 21.4. The summed E-state index contributed by atoms with van der Waals surface area (Å²) in [5, 5.41) is 9.88. The topological polar surface area (TPSA) is 76.0 Å². The first kappa shape index (κ1) is 14.8. The molecule has 1 aliphatic rings. The molecule has 0 unspecified atom stereocenters. The maximum atomic E-state index is 11.3. The molecule has 2 rings (SSSR count). The third-order valence-corrected chi connectivity index (χ3v) is 4.86. The van der Waals surface area contributed by atoms with Gasteiger partial charge in [0.2, 0.25) is 0 Å². The van der Waals surface area contributed by atoms with Gasteiger partial charge in [0.05, 0.1) is 24.2 Å². The minimum Gasteiger partial charge on any atom is -0.507 e. The zero-order valence-electron chi connectivity index (χ0n) is 11.4. The molecule has 20 heavy (non-hydrogen) atoms. The molecular weight excluding hydrogens is 278 g/mol. The van der Waals surface area contributed by atoms with E-state index in [9.17, 15) is 13.5 Å². The third kappa shape index (κ3) is 3.96. The second-order valence-corrected chi connectivity index (χ2v) is 7.13. The molecule has 0 amide bonds. The second kappa shape index (κ2) is 6.26. The average molecular weight is 297 g/mol. The van der Waals surface area contributed by atoms with Gasteiger partial charge in [0, 0.05) is 17.8 Å². The van der Waals surface area contributed by atoms with Gasteiger partial charge in [0.25, 0.3) is 0 Å². The first-order valence-corrected chi connectivity index (χ1v) is 8.52. The van der Waals surface area contributed by atoms with Crippen LogP contribution in [-0.2, 0) is 9.84 Å². The monoisotopic (exact) mass is 297 g/mol. The Labute approximate surface area is 119 Å². The Kier molecular flexibility index (Phi) is 4.65. The second-order valence-electron chi connectivity index (χ2n) is 4.90. The van der Waals surface area contributed by atoms with Crippen LogP contribution in [-0.4, -0.2) is 43.9 Å². The van der Waals surface area contributed by atoms with Crippen molar-refractivity contribution in [2.24, 2.45) is 4.99 Å². The Morgan fingerprint density at radius 3 is 2.90 bits per heavy atom. The van der Waals surface area contributed by atoms with Crippen LogP contribution in [0.5, 0.6) is 11.5 Å². The van der Waals surface area contributed by atoms with E-state index in [-0.39, 0.29) is 23.3 Å². The fourth-order valence-corrected chi connectivity index (χ4v) is 3.66. The molecule has 1 N–H and O–H groups in total. The molecule has 5 nitrogen and oxygen atoms in total. The molecule has 0 saturated carbocycles. The maximum absolute atomic E-state index is 11.3. The summed E-state index contributed by atoms with van der Waals surface area (Å²) in [6, 6.07) is 4.83. The largest absolute Gasteiger partial charge is 0.507 e. The molecule has 0 aliphatic carbocycles. The van der Waals surface area contributed by atoms with Crippen LogP contribution in [0.1, 0.15) is 25.3 Å². The van der Waals surface area contributed by atoms with E-state index in [4.69, 9.17) is 4.74 Å². The molecular formula is C14H19NO4S. The fourth-order valence-electron chi connectivity index (χ4n) is 2.02. The summed E-state index contributed by atoms with van der Waals surface area (Å²) in [5.74, 6) is 1.00. The van der Waals surface area contributed by atoms with E-state index in [0.29, 0.717) is 24.3 Å². The number of phenols is 1. The molecule has 0 spiro atoms. The minimum atomic E-state index is -2.92. The van der Waals surface area contributed by atoms with Crippen LogP contribution in [0, 0.1) is 0 Å². The van der Waals surface area contributed by atoms with Gasteiger partial charge in [-0.3, -0.25) is 4.99 Å². The summed E-state index contributed by atoms with van der Waals surface area (Å²) in [7, 11) is -2.92. The van der Waals surface area contributed by atoms with Gasteiger partial charge in [0.1, 0.15) is 11.5 Å². The molecule has 0 aromatic heterocycles. The molecule has 0 bridgehead atoms. The SMILES string of the molecule is CCCOc1ccc(C=N[C@H]2CCS(=O)(=O)C2)c(O)c1. The zero-order valence-corrected chi connectivity index (χ0v) is 12.3. The fraction of sp³-hybridized carbons (Fsp3) is 0.500. The van der Waals surface area contributed by atoms with E-state index in [1.807, 2.05) is 6.92 Å². The number of benzene rings is 1. The van der Waals surface area contributed by atoms with Gasteiger partial charge < -0.3 is 9.84 Å². The first-order chi connectivity index (χ1) is 9.50. The average Bonchev–Trinajstić information content (AvgIpc) is 2.75. The van der Waals surface area contributed by atoms with Gasteiger partial charge in [0.15, 0.2) is 9.84 Å². The van der Waals surface area contributed by atoms with Crippen LogP contribution in [0.2, 0.25) is 0 Å². The van der Waals surface area contributed by atoms with E-state index in [0.717, 1.165) is 6.42 Å². The number of hydrogen-bond donors (Lipinski definition) is 1. The van der Waals surface area contributed by atoms with Crippen molar-refractivity contribution >= 4 is 16.1 Å². The summed E-state index contributed by atoms with van der Waals surface area (Å²) in [6.07, 6.45) is 2.99. The Bertz CT molecular complexity index is 595. The van der Waals surface area contributed by atoms with Gasteiger partial charge in [-0.25, -0.2) is 8.42 Å². The number of sulfone groups is 1.